The first-order valence-corrected chi connectivity index (χ1v) is 22.9. The topological polar surface area (TPSA) is 271 Å². The van der Waals surface area contributed by atoms with Gasteiger partial charge in [0.1, 0.15) is 46.2 Å². The number of aliphatic hydroxyl groups is 1. The number of hydrogen-bond acceptors (Lipinski definition) is 16. The molecule has 300 valence electrons. The number of phosphoric ester groups is 4. The zero-order valence-corrected chi connectivity index (χ0v) is 33.2. The number of aliphatic hydroxyl groups excluding tert-OH is 1. The van der Waals surface area contributed by atoms with Crippen LogP contribution in [0.1, 0.15) is 73.1 Å². The van der Waals surface area contributed by atoms with Gasteiger partial charge in [-0.25, -0.2) is 18.3 Å². The summed E-state index contributed by atoms with van der Waals surface area (Å²) < 4.78 is 108. The van der Waals surface area contributed by atoms with E-state index in [-0.39, 0.29) is 12.8 Å². The Kier molecular flexibility index (Phi) is 18.2. The van der Waals surface area contributed by atoms with E-state index < -0.39 is 124 Å². The lowest BCUT2D eigenvalue weighted by Crippen LogP contribution is -2.36. The standard InChI is InChI=1S/C26H50B2O20P4/c1-6-16(7-2)44-49(30,31)38-12-20-18(10-23(27)42-20)46-50(32,33)40-14-22-26(25(29)15(5)41-22)48-51(34,35)39-13-21-19(11-24(28)43-21)47-52(36,37)45-17(8-3)9-4/h15-26,29H,6-14H2,1-5H3,(H,30,31)(H,32,33)(H,34,35)(H,36,37). The van der Waals surface area contributed by atoms with Gasteiger partial charge in [0.15, 0.2) is 0 Å². The van der Waals surface area contributed by atoms with Crippen molar-refractivity contribution in [2.75, 3.05) is 19.8 Å². The summed E-state index contributed by atoms with van der Waals surface area (Å²) in [5, 5.41) is 10.6. The van der Waals surface area contributed by atoms with Crippen molar-refractivity contribution >= 4 is 47.0 Å². The molecule has 3 saturated heterocycles. The molecule has 0 aromatic carbocycles. The van der Waals surface area contributed by atoms with Crippen LogP contribution in [0.15, 0.2) is 0 Å². The summed E-state index contributed by atoms with van der Waals surface area (Å²) in [6.45, 7) is 6.37. The Morgan fingerprint density at radius 1 is 0.615 bits per heavy atom. The molecule has 0 amide bonds. The summed E-state index contributed by atoms with van der Waals surface area (Å²) in [5.41, 5.74) is 0. The monoisotopic (exact) mass is 828 g/mol. The van der Waals surface area contributed by atoms with E-state index in [4.69, 9.17) is 66.1 Å². The second kappa shape index (κ2) is 20.2. The fourth-order valence-corrected chi connectivity index (χ4v) is 9.85. The van der Waals surface area contributed by atoms with E-state index in [0.29, 0.717) is 25.7 Å². The molecule has 5 N–H and O–H groups in total. The Labute approximate surface area is 306 Å². The highest BCUT2D eigenvalue weighted by Crippen LogP contribution is 2.53. The van der Waals surface area contributed by atoms with Crippen molar-refractivity contribution in [1.82, 2.24) is 0 Å². The van der Waals surface area contributed by atoms with Crippen molar-refractivity contribution in [2.24, 2.45) is 0 Å². The predicted molar refractivity (Wildman–Crippen MR) is 181 cm³/mol. The van der Waals surface area contributed by atoms with Crippen molar-refractivity contribution in [3.8, 4) is 0 Å². The van der Waals surface area contributed by atoms with Gasteiger partial charge in [0.25, 0.3) is 0 Å². The van der Waals surface area contributed by atoms with E-state index >= 15 is 0 Å². The minimum Gasteiger partial charge on any atom is -0.388 e. The van der Waals surface area contributed by atoms with E-state index in [0.717, 1.165) is 0 Å². The van der Waals surface area contributed by atoms with Gasteiger partial charge in [-0.1, -0.05) is 27.7 Å². The fourth-order valence-electron chi connectivity index (χ4n) is 5.56. The van der Waals surface area contributed by atoms with Crippen LogP contribution in [0.2, 0.25) is 0 Å². The van der Waals surface area contributed by atoms with Crippen LogP contribution in [-0.4, -0.2) is 133 Å². The summed E-state index contributed by atoms with van der Waals surface area (Å²) in [5.74, 6) is 0. The Hall–Kier alpha value is 0.410. The lowest BCUT2D eigenvalue weighted by atomic mass is 9.96. The van der Waals surface area contributed by atoms with Crippen molar-refractivity contribution in [3.63, 3.8) is 0 Å². The highest BCUT2D eigenvalue weighted by Gasteiger charge is 2.49. The van der Waals surface area contributed by atoms with E-state index in [1.165, 1.54) is 6.92 Å². The van der Waals surface area contributed by atoms with Crippen molar-refractivity contribution in [3.05, 3.63) is 0 Å². The molecule has 26 heteroatoms. The number of hydrogen-bond donors (Lipinski definition) is 5. The van der Waals surface area contributed by atoms with Crippen LogP contribution in [0.25, 0.3) is 0 Å². The maximum atomic E-state index is 13.0. The van der Waals surface area contributed by atoms with Crippen molar-refractivity contribution in [2.45, 2.75) is 146 Å². The lowest BCUT2D eigenvalue weighted by Gasteiger charge is -2.26. The molecule has 4 radical (unpaired) electrons. The second-order valence-electron chi connectivity index (χ2n) is 12.5. The van der Waals surface area contributed by atoms with Gasteiger partial charge in [-0.3, -0.25) is 36.2 Å². The Morgan fingerprint density at radius 2 is 1.00 bits per heavy atom. The number of rotatable bonds is 23. The molecule has 3 aliphatic heterocycles. The molecule has 0 saturated carbocycles. The van der Waals surface area contributed by atoms with Crippen LogP contribution in [0.5, 0.6) is 0 Å². The Morgan fingerprint density at radius 3 is 1.46 bits per heavy atom. The van der Waals surface area contributed by atoms with E-state index in [1.807, 2.05) is 0 Å². The largest absolute Gasteiger partial charge is 0.472 e. The average Bonchev–Trinajstić information content (AvgIpc) is 3.67. The van der Waals surface area contributed by atoms with E-state index in [1.54, 1.807) is 27.7 Å². The molecule has 0 aromatic heterocycles. The second-order valence-corrected chi connectivity index (χ2v) is 18.1. The van der Waals surface area contributed by atoms with Gasteiger partial charge < -0.3 is 38.9 Å². The number of ether oxygens (including phenoxy) is 3. The van der Waals surface area contributed by atoms with Gasteiger partial charge in [-0.15, -0.1) is 0 Å². The Balaban J connectivity index is 1.57. The van der Waals surface area contributed by atoms with Gasteiger partial charge in [0, 0.05) is 12.0 Å². The zero-order valence-electron chi connectivity index (χ0n) is 29.6. The third kappa shape index (κ3) is 14.7. The van der Waals surface area contributed by atoms with Crippen LogP contribution in [0.4, 0.5) is 0 Å². The SMILES string of the molecule is [B]C1CC(OP(=O)(O)OCC2OC(C)C(O)C2OP(=O)(O)OCC2OC([B])CC2OP(=O)(O)OC(CC)CC)C(COP(=O)(O)OC(CC)CC)O1. The molecule has 0 bridgehead atoms. The molecule has 0 aliphatic carbocycles. The third-order valence-corrected chi connectivity index (χ3v) is 12.6. The molecular formula is C26H50B2O20P4. The minimum absolute atomic E-state index is 0.0709. The number of phosphoric acid groups is 4. The first-order chi connectivity index (χ1) is 24.1. The Bertz CT molecular complexity index is 1310. The van der Waals surface area contributed by atoms with Crippen LogP contribution >= 0.6 is 31.3 Å². The van der Waals surface area contributed by atoms with Crippen LogP contribution in [-0.2, 0) is 68.7 Å². The molecule has 14 atom stereocenters. The summed E-state index contributed by atoms with van der Waals surface area (Å²) in [6, 6.07) is -1.95. The average molecular weight is 828 g/mol. The van der Waals surface area contributed by atoms with Gasteiger partial charge >= 0.3 is 31.3 Å². The summed E-state index contributed by atoms with van der Waals surface area (Å²) in [7, 11) is -7.52. The van der Waals surface area contributed by atoms with Gasteiger partial charge in [-0.2, -0.15) is 0 Å². The maximum Gasteiger partial charge on any atom is 0.472 e. The molecule has 0 spiro atoms. The molecule has 3 aliphatic rings. The quantitative estimate of drug-likeness (QED) is 0.0732. The molecule has 3 rings (SSSR count). The first-order valence-electron chi connectivity index (χ1n) is 16.9. The lowest BCUT2D eigenvalue weighted by molar-refractivity contribution is -0.0394. The van der Waals surface area contributed by atoms with Crippen molar-refractivity contribution < 1.29 is 93.3 Å². The minimum atomic E-state index is -5.06. The van der Waals surface area contributed by atoms with Gasteiger partial charge in [0.2, 0.25) is 0 Å². The molecule has 14 unspecified atom stereocenters. The van der Waals surface area contributed by atoms with Gasteiger partial charge in [0.05, 0.1) is 50.3 Å². The first kappa shape index (κ1) is 46.8. The van der Waals surface area contributed by atoms with Crippen molar-refractivity contribution in [1.29, 1.82) is 0 Å². The van der Waals surface area contributed by atoms with Crippen LogP contribution < -0.4 is 0 Å². The molecule has 0 aromatic rings. The smallest absolute Gasteiger partial charge is 0.388 e. The molecule has 20 nitrogen and oxygen atoms in total. The summed E-state index contributed by atoms with van der Waals surface area (Å²) in [4.78, 5) is 41.3. The zero-order chi connectivity index (χ0) is 39.1. The molecular weight excluding hydrogens is 778 g/mol. The summed E-state index contributed by atoms with van der Waals surface area (Å²) in [6.07, 6.45) is -9.86. The fraction of sp³-hybridized carbons (Fsp3) is 1.00. The van der Waals surface area contributed by atoms with E-state index in [9.17, 15) is 42.9 Å². The molecule has 3 heterocycles. The maximum absolute atomic E-state index is 13.0. The predicted octanol–water partition coefficient (Wildman–Crippen LogP) is 2.72. The molecule has 3 fully saturated rings. The van der Waals surface area contributed by atoms with E-state index in [2.05, 4.69) is 0 Å². The molecule has 52 heavy (non-hydrogen) atoms. The normalized spacial score (nSPS) is 35.8. The highest BCUT2D eigenvalue weighted by molar-refractivity contribution is 7.48. The van der Waals surface area contributed by atoms with Crippen LogP contribution in [0.3, 0.4) is 0 Å². The van der Waals surface area contributed by atoms with Crippen LogP contribution in [0, 0.1) is 0 Å². The highest BCUT2D eigenvalue weighted by atomic mass is 31.2. The third-order valence-electron chi connectivity index (χ3n) is 8.42. The van der Waals surface area contributed by atoms with Gasteiger partial charge in [-0.05, 0) is 45.4 Å². The summed E-state index contributed by atoms with van der Waals surface area (Å²) >= 11 is 0.